The average Bonchev–Trinajstić information content (AvgIpc) is 3.15. The Kier molecular flexibility index (Phi) is 4.77. The van der Waals surface area contributed by atoms with Crippen LogP contribution in [0.3, 0.4) is 0 Å². The van der Waals surface area contributed by atoms with Crippen LogP contribution in [0.5, 0.6) is 17.2 Å². The Balaban J connectivity index is 1.53. The Morgan fingerprint density at radius 3 is 3.00 bits per heavy atom. The van der Waals surface area contributed by atoms with Gasteiger partial charge < -0.3 is 24.1 Å². The van der Waals surface area contributed by atoms with Gasteiger partial charge >= 0.3 is 0 Å². The zero-order valence-electron chi connectivity index (χ0n) is 14.9. The largest absolute Gasteiger partial charge is 0.493 e. The number of nitrogens with zero attached hydrogens (tertiary/aromatic N) is 3. The third kappa shape index (κ3) is 3.38. The van der Waals surface area contributed by atoms with Gasteiger partial charge in [0.15, 0.2) is 17.3 Å². The lowest BCUT2D eigenvalue weighted by atomic mass is 10.1. The zero-order valence-corrected chi connectivity index (χ0v) is 14.9. The maximum atomic E-state index is 5.65. The summed E-state index contributed by atoms with van der Waals surface area (Å²) >= 11 is 0. The van der Waals surface area contributed by atoms with Crippen molar-refractivity contribution >= 4 is 12.2 Å². The summed E-state index contributed by atoms with van der Waals surface area (Å²) in [6, 6.07) is 3.92. The van der Waals surface area contributed by atoms with Gasteiger partial charge in [-0.05, 0) is 30.8 Å². The SMILES string of the molecule is COc1cc(/C=C/c2nc(C3CNCCN3C)no2)cc2c1OCCO2. The van der Waals surface area contributed by atoms with Gasteiger partial charge in [-0.3, -0.25) is 4.90 Å². The molecule has 1 N–H and O–H groups in total. The predicted molar refractivity (Wildman–Crippen MR) is 95.5 cm³/mol. The summed E-state index contributed by atoms with van der Waals surface area (Å²) in [5, 5.41) is 7.47. The van der Waals surface area contributed by atoms with Crippen LogP contribution in [0.4, 0.5) is 0 Å². The summed E-state index contributed by atoms with van der Waals surface area (Å²) in [7, 11) is 3.68. The summed E-state index contributed by atoms with van der Waals surface area (Å²) in [4.78, 5) is 6.72. The van der Waals surface area contributed by atoms with E-state index in [1.165, 1.54) is 0 Å². The van der Waals surface area contributed by atoms with Gasteiger partial charge in [-0.2, -0.15) is 4.98 Å². The maximum Gasteiger partial charge on any atom is 0.250 e. The molecule has 1 fully saturated rings. The highest BCUT2D eigenvalue weighted by Gasteiger charge is 2.24. The Morgan fingerprint density at radius 1 is 1.27 bits per heavy atom. The van der Waals surface area contributed by atoms with Crippen LogP contribution in [0.1, 0.15) is 23.3 Å². The molecule has 1 aromatic carbocycles. The second-order valence-corrected chi connectivity index (χ2v) is 6.27. The van der Waals surface area contributed by atoms with E-state index in [4.69, 9.17) is 18.7 Å². The number of methoxy groups -OCH3 is 1. The molecule has 4 rings (SSSR count). The van der Waals surface area contributed by atoms with Crippen molar-refractivity contribution in [2.24, 2.45) is 0 Å². The molecule has 8 nitrogen and oxygen atoms in total. The zero-order chi connectivity index (χ0) is 17.9. The van der Waals surface area contributed by atoms with Crippen LogP contribution in [0, 0.1) is 0 Å². The molecule has 2 aliphatic rings. The predicted octanol–water partition coefficient (Wildman–Crippen LogP) is 1.60. The molecular weight excluding hydrogens is 336 g/mol. The van der Waals surface area contributed by atoms with Crippen LogP contribution < -0.4 is 19.5 Å². The number of hydrogen-bond donors (Lipinski definition) is 1. The molecule has 8 heteroatoms. The van der Waals surface area contributed by atoms with Crippen molar-refractivity contribution in [3.63, 3.8) is 0 Å². The molecule has 26 heavy (non-hydrogen) atoms. The highest BCUT2D eigenvalue weighted by Crippen LogP contribution is 2.40. The molecule has 3 heterocycles. The Hall–Kier alpha value is -2.58. The van der Waals surface area contributed by atoms with E-state index in [0.717, 1.165) is 25.2 Å². The first kappa shape index (κ1) is 16.9. The third-order valence-electron chi connectivity index (χ3n) is 4.54. The van der Waals surface area contributed by atoms with Crippen molar-refractivity contribution < 1.29 is 18.7 Å². The second-order valence-electron chi connectivity index (χ2n) is 6.27. The lowest BCUT2D eigenvalue weighted by Gasteiger charge is -2.30. The first-order chi connectivity index (χ1) is 12.7. The fourth-order valence-electron chi connectivity index (χ4n) is 3.10. The highest BCUT2D eigenvalue weighted by atomic mass is 16.6. The van der Waals surface area contributed by atoms with Crippen LogP contribution >= 0.6 is 0 Å². The highest BCUT2D eigenvalue weighted by molar-refractivity contribution is 5.70. The van der Waals surface area contributed by atoms with E-state index in [1.807, 2.05) is 18.2 Å². The summed E-state index contributed by atoms with van der Waals surface area (Å²) in [5.41, 5.74) is 0.905. The fourth-order valence-corrected chi connectivity index (χ4v) is 3.10. The molecule has 0 aliphatic carbocycles. The molecule has 2 aliphatic heterocycles. The summed E-state index contributed by atoms with van der Waals surface area (Å²) in [5.74, 6) is 3.12. The van der Waals surface area contributed by atoms with Crippen molar-refractivity contribution in [1.82, 2.24) is 20.4 Å². The topological polar surface area (TPSA) is 81.9 Å². The number of aromatic nitrogens is 2. The molecule has 2 aromatic rings. The van der Waals surface area contributed by atoms with Crippen LogP contribution in [0.2, 0.25) is 0 Å². The van der Waals surface area contributed by atoms with Crippen molar-refractivity contribution in [3.8, 4) is 17.2 Å². The van der Waals surface area contributed by atoms with E-state index >= 15 is 0 Å². The van der Waals surface area contributed by atoms with Crippen molar-refractivity contribution in [2.75, 3.05) is 47.0 Å². The van der Waals surface area contributed by atoms with Crippen LogP contribution in [0.25, 0.3) is 12.2 Å². The van der Waals surface area contributed by atoms with E-state index in [1.54, 1.807) is 13.2 Å². The molecule has 0 saturated carbocycles. The minimum Gasteiger partial charge on any atom is -0.493 e. The van der Waals surface area contributed by atoms with Gasteiger partial charge in [-0.25, -0.2) is 0 Å². The number of ether oxygens (including phenoxy) is 3. The van der Waals surface area contributed by atoms with Gasteiger partial charge in [-0.1, -0.05) is 5.16 Å². The maximum absolute atomic E-state index is 5.65. The molecule has 0 radical (unpaired) electrons. The van der Waals surface area contributed by atoms with E-state index in [-0.39, 0.29) is 6.04 Å². The molecule has 1 saturated heterocycles. The molecule has 1 atom stereocenters. The summed E-state index contributed by atoms with van der Waals surface area (Å²) in [6.45, 7) is 3.80. The van der Waals surface area contributed by atoms with E-state index in [9.17, 15) is 0 Å². The van der Waals surface area contributed by atoms with Gasteiger partial charge in [0.25, 0.3) is 5.89 Å². The normalized spacial score (nSPS) is 20.5. The van der Waals surface area contributed by atoms with Crippen LogP contribution in [-0.2, 0) is 0 Å². The minimum absolute atomic E-state index is 0.129. The fraction of sp³-hybridized carbons (Fsp3) is 0.444. The lowest BCUT2D eigenvalue weighted by Crippen LogP contribution is -2.44. The molecule has 1 aromatic heterocycles. The monoisotopic (exact) mass is 358 g/mol. The molecule has 0 bridgehead atoms. The number of piperazine rings is 1. The van der Waals surface area contributed by atoms with Gasteiger partial charge in [0.2, 0.25) is 5.75 Å². The number of fused-ring (bicyclic) bond motifs is 1. The first-order valence-electron chi connectivity index (χ1n) is 8.65. The first-order valence-corrected chi connectivity index (χ1v) is 8.65. The minimum atomic E-state index is 0.129. The molecule has 138 valence electrons. The summed E-state index contributed by atoms with van der Waals surface area (Å²) < 4.78 is 22.0. The average molecular weight is 358 g/mol. The van der Waals surface area contributed by atoms with Crippen LogP contribution in [-0.4, -0.2) is 62.0 Å². The Labute approximate surface area is 151 Å². The van der Waals surface area contributed by atoms with Crippen molar-refractivity contribution in [3.05, 3.63) is 29.4 Å². The van der Waals surface area contributed by atoms with Gasteiger partial charge in [0.05, 0.1) is 13.2 Å². The van der Waals surface area contributed by atoms with Crippen LogP contribution in [0.15, 0.2) is 16.7 Å². The second kappa shape index (κ2) is 7.35. The standard InChI is InChI=1S/C18H22N4O4/c1-22-6-5-19-11-13(22)18-20-16(26-21-18)4-3-12-9-14(23-2)17-15(10-12)24-7-8-25-17/h3-4,9-10,13,19H,5-8,11H2,1-2H3/b4-3+. The third-order valence-corrected chi connectivity index (χ3v) is 4.54. The molecular formula is C18H22N4O4. The van der Waals surface area contributed by atoms with E-state index in [0.29, 0.717) is 42.2 Å². The van der Waals surface area contributed by atoms with Crippen molar-refractivity contribution in [2.45, 2.75) is 6.04 Å². The molecule has 0 amide bonds. The van der Waals surface area contributed by atoms with Gasteiger partial charge in [0.1, 0.15) is 13.2 Å². The number of hydrogen-bond acceptors (Lipinski definition) is 8. The molecule has 0 spiro atoms. The lowest BCUT2D eigenvalue weighted by molar-refractivity contribution is 0.165. The van der Waals surface area contributed by atoms with Gasteiger partial charge in [-0.15, -0.1) is 0 Å². The number of benzene rings is 1. The quantitative estimate of drug-likeness (QED) is 0.883. The van der Waals surface area contributed by atoms with Gasteiger partial charge in [0, 0.05) is 25.7 Å². The Morgan fingerprint density at radius 2 is 2.15 bits per heavy atom. The molecule has 1 unspecified atom stereocenters. The van der Waals surface area contributed by atoms with E-state index in [2.05, 4.69) is 27.4 Å². The smallest absolute Gasteiger partial charge is 0.250 e. The Bertz CT molecular complexity index is 787. The number of rotatable bonds is 4. The number of likely N-dealkylation sites (N-methyl/N-ethyl adjacent to an activating group) is 1. The summed E-state index contributed by atoms with van der Waals surface area (Å²) in [6.07, 6.45) is 3.68. The van der Waals surface area contributed by atoms with E-state index < -0.39 is 0 Å². The number of nitrogens with one attached hydrogen (secondary N) is 1. The van der Waals surface area contributed by atoms with Crippen molar-refractivity contribution in [1.29, 1.82) is 0 Å².